The molecule has 0 unspecified atom stereocenters. The lowest BCUT2D eigenvalue weighted by atomic mass is 10.2. The van der Waals surface area contributed by atoms with Crippen molar-refractivity contribution >= 4 is 10.9 Å². The third kappa shape index (κ3) is 2.42. The van der Waals surface area contributed by atoms with E-state index in [0.717, 1.165) is 23.4 Å². The van der Waals surface area contributed by atoms with E-state index in [4.69, 9.17) is 0 Å². The van der Waals surface area contributed by atoms with Crippen molar-refractivity contribution in [3.05, 3.63) is 60.0 Å². The number of hydrogen-bond donors (Lipinski definition) is 1. The average Bonchev–Trinajstić information content (AvgIpc) is 2.83. The second kappa shape index (κ2) is 5.43. The van der Waals surface area contributed by atoms with Gasteiger partial charge in [0.15, 0.2) is 0 Å². The Morgan fingerprint density at radius 3 is 2.75 bits per heavy atom. The molecule has 3 aromatic rings. The molecular formula is C16H18N4. The summed E-state index contributed by atoms with van der Waals surface area (Å²) in [5, 5.41) is 9.28. The van der Waals surface area contributed by atoms with Gasteiger partial charge >= 0.3 is 0 Å². The largest absolute Gasteiger partial charge is 0.303 e. The molecule has 0 aliphatic rings. The first-order chi connectivity index (χ1) is 9.75. The molecular weight excluding hydrogens is 248 g/mol. The highest BCUT2D eigenvalue weighted by molar-refractivity contribution is 5.81. The first kappa shape index (κ1) is 12.8. The Bertz CT molecular complexity index is 703. The van der Waals surface area contributed by atoms with E-state index in [0.29, 0.717) is 0 Å². The SMILES string of the molecule is C[C@H](NCc1nn(C)c2ccccc12)c1ccccn1. The van der Waals surface area contributed by atoms with Gasteiger partial charge in [0.2, 0.25) is 0 Å². The maximum absolute atomic E-state index is 4.59. The fourth-order valence-electron chi connectivity index (χ4n) is 2.41. The number of fused-ring (bicyclic) bond motifs is 1. The number of aromatic nitrogens is 3. The van der Waals surface area contributed by atoms with E-state index in [1.165, 1.54) is 5.39 Å². The number of pyridine rings is 1. The second-order valence-corrected chi connectivity index (χ2v) is 4.94. The zero-order valence-corrected chi connectivity index (χ0v) is 11.7. The number of hydrogen-bond acceptors (Lipinski definition) is 3. The van der Waals surface area contributed by atoms with Crippen molar-refractivity contribution in [1.82, 2.24) is 20.1 Å². The van der Waals surface area contributed by atoms with Crippen LogP contribution in [0.2, 0.25) is 0 Å². The van der Waals surface area contributed by atoms with Gasteiger partial charge < -0.3 is 5.32 Å². The molecule has 0 bridgehead atoms. The molecule has 1 N–H and O–H groups in total. The lowest BCUT2D eigenvalue weighted by molar-refractivity contribution is 0.552. The van der Waals surface area contributed by atoms with E-state index in [2.05, 4.69) is 40.5 Å². The molecule has 1 atom stereocenters. The topological polar surface area (TPSA) is 42.7 Å². The van der Waals surface area contributed by atoms with Crippen LogP contribution in [0.4, 0.5) is 0 Å². The van der Waals surface area contributed by atoms with Gasteiger partial charge in [-0.15, -0.1) is 0 Å². The smallest absolute Gasteiger partial charge is 0.0841 e. The van der Waals surface area contributed by atoms with Crippen molar-refractivity contribution in [3.63, 3.8) is 0 Å². The summed E-state index contributed by atoms with van der Waals surface area (Å²) in [4.78, 5) is 4.37. The quantitative estimate of drug-likeness (QED) is 0.789. The third-order valence-electron chi connectivity index (χ3n) is 3.54. The summed E-state index contributed by atoms with van der Waals surface area (Å²) in [5.41, 5.74) is 3.29. The standard InChI is InChI=1S/C16H18N4/c1-12(14-8-5-6-10-17-14)18-11-15-13-7-3-4-9-16(13)20(2)19-15/h3-10,12,18H,11H2,1-2H3/t12-/m0/s1. The van der Waals surface area contributed by atoms with Crippen LogP contribution in [0, 0.1) is 0 Å². The van der Waals surface area contributed by atoms with Gasteiger partial charge in [0.1, 0.15) is 0 Å². The number of benzene rings is 1. The molecule has 2 heterocycles. The van der Waals surface area contributed by atoms with Crippen LogP contribution in [0.1, 0.15) is 24.4 Å². The molecule has 4 heteroatoms. The molecule has 0 amide bonds. The molecule has 2 aromatic heterocycles. The van der Waals surface area contributed by atoms with Crippen LogP contribution in [0.5, 0.6) is 0 Å². The molecule has 0 radical (unpaired) electrons. The molecule has 0 saturated carbocycles. The molecule has 0 fully saturated rings. The van der Waals surface area contributed by atoms with Gasteiger partial charge in [-0.1, -0.05) is 24.3 Å². The summed E-state index contributed by atoms with van der Waals surface area (Å²) >= 11 is 0. The van der Waals surface area contributed by atoms with Crippen LogP contribution >= 0.6 is 0 Å². The Morgan fingerprint density at radius 2 is 1.95 bits per heavy atom. The highest BCUT2D eigenvalue weighted by atomic mass is 15.3. The highest BCUT2D eigenvalue weighted by Crippen LogP contribution is 2.18. The number of rotatable bonds is 4. The predicted molar refractivity (Wildman–Crippen MR) is 80.2 cm³/mol. The van der Waals surface area contributed by atoms with Gasteiger partial charge in [-0.05, 0) is 25.1 Å². The van der Waals surface area contributed by atoms with Crippen molar-refractivity contribution < 1.29 is 0 Å². The van der Waals surface area contributed by atoms with Gasteiger partial charge in [0, 0.05) is 31.2 Å². The number of aryl methyl sites for hydroxylation is 1. The van der Waals surface area contributed by atoms with Crippen LogP contribution in [0.25, 0.3) is 10.9 Å². The summed E-state index contributed by atoms with van der Waals surface area (Å²) in [6.07, 6.45) is 1.82. The van der Waals surface area contributed by atoms with Crippen molar-refractivity contribution in [2.24, 2.45) is 7.05 Å². The maximum atomic E-state index is 4.59. The average molecular weight is 266 g/mol. The van der Waals surface area contributed by atoms with E-state index >= 15 is 0 Å². The number of nitrogens with one attached hydrogen (secondary N) is 1. The molecule has 4 nitrogen and oxygen atoms in total. The van der Waals surface area contributed by atoms with E-state index < -0.39 is 0 Å². The van der Waals surface area contributed by atoms with E-state index in [1.54, 1.807) is 0 Å². The minimum absolute atomic E-state index is 0.206. The van der Waals surface area contributed by atoms with Crippen LogP contribution in [0.3, 0.4) is 0 Å². The van der Waals surface area contributed by atoms with Crippen LogP contribution in [-0.2, 0) is 13.6 Å². The maximum Gasteiger partial charge on any atom is 0.0841 e. The molecule has 102 valence electrons. The Kier molecular flexibility index (Phi) is 3.48. The predicted octanol–water partition coefficient (Wildman–Crippen LogP) is 2.82. The normalized spacial score (nSPS) is 12.7. The fourth-order valence-corrected chi connectivity index (χ4v) is 2.41. The summed E-state index contributed by atoms with van der Waals surface area (Å²) in [5.74, 6) is 0. The Balaban J connectivity index is 1.77. The van der Waals surface area contributed by atoms with Crippen molar-refractivity contribution in [3.8, 4) is 0 Å². The number of nitrogens with zero attached hydrogens (tertiary/aromatic N) is 3. The Hall–Kier alpha value is -2.20. The Labute approximate surface area is 118 Å². The van der Waals surface area contributed by atoms with Gasteiger partial charge in [-0.25, -0.2) is 0 Å². The van der Waals surface area contributed by atoms with Crippen LogP contribution in [0.15, 0.2) is 48.7 Å². The van der Waals surface area contributed by atoms with Gasteiger partial charge in [-0.2, -0.15) is 5.10 Å². The third-order valence-corrected chi connectivity index (χ3v) is 3.54. The second-order valence-electron chi connectivity index (χ2n) is 4.94. The van der Waals surface area contributed by atoms with E-state index in [1.807, 2.05) is 42.2 Å². The summed E-state index contributed by atoms with van der Waals surface area (Å²) < 4.78 is 1.93. The minimum atomic E-state index is 0.206. The zero-order valence-electron chi connectivity index (χ0n) is 11.7. The van der Waals surface area contributed by atoms with E-state index in [-0.39, 0.29) is 6.04 Å². The lowest BCUT2D eigenvalue weighted by Crippen LogP contribution is -2.19. The molecule has 0 aliphatic heterocycles. The van der Waals surface area contributed by atoms with Crippen molar-refractivity contribution in [2.75, 3.05) is 0 Å². The van der Waals surface area contributed by atoms with Gasteiger partial charge in [0.05, 0.1) is 16.9 Å². The van der Waals surface area contributed by atoms with Crippen LogP contribution in [-0.4, -0.2) is 14.8 Å². The zero-order chi connectivity index (χ0) is 13.9. The highest BCUT2D eigenvalue weighted by Gasteiger charge is 2.10. The fraction of sp³-hybridized carbons (Fsp3) is 0.250. The van der Waals surface area contributed by atoms with Crippen molar-refractivity contribution in [1.29, 1.82) is 0 Å². The molecule has 0 saturated heterocycles. The van der Waals surface area contributed by atoms with Gasteiger partial charge in [-0.3, -0.25) is 9.67 Å². The van der Waals surface area contributed by atoms with Gasteiger partial charge in [0.25, 0.3) is 0 Å². The molecule has 3 rings (SSSR count). The summed E-state index contributed by atoms with van der Waals surface area (Å²) in [6.45, 7) is 2.85. The molecule has 0 aliphatic carbocycles. The first-order valence-corrected chi connectivity index (χ1v) is 6.80. The van der Waals surface area contributed by atoms with E-state index in [9.17, 15) is 0 Å². The Morgan fingerprint density at radius 1 is 1.15 bits per heavy atom. The van der Waals surface area contributed by atoms with Crippen LogP contribution < -0.4 is 5.32 Å². The molecule has 20 heavy (non-hydrogen) atoms. The van der Waals surface area contributed by atoms with Crippen molar-refractivity contribution in [2.45, 2.75) is 19.5 Å². The summed E-state index contributed by atoms with van der Waals surface area (Å²) in [6, 6.07) is 14.5. The molecule has 1 aromatic carbocycles. The monoisotopic (exact) mass is 266 g/mol. The minimum Gasteiger partial charge on any atom is -0.303 e. The molecule has 0 spiro atoms. The first-order valence-electron chi connectivity index (χ1n) is 6.80. The number of para-hydroxylation sites is 1. The lowest BCUT2D eigenvalue weighted by Gasteiger charge is -2.12. The summed E-state index contributed by atoms with van der Waals surface area (Å²) in [7, 11) is 1.98.